The van der Waals surface area contributed by atoms with E-state index in [0.717, 1.165) is 19.4 Å². The molecule has 0 bridgehead atoms. The van der Waals surface area contributed by atoms with Crippen LogP contribution >= 0.6 is 0 Å². The van der Waals surface area contributed by atoms with Gasteiger partial charge in [-0.05, 0) is 60.1 Å². The minimum absolute atomic E-state index is 0.0765. The number of hydrogen-bond donors (Lipinski definition) is 3. The lowest BCUT2D eigenvalue weighted by molar-refractivity contribution is 0.680. The van der Waals surface area contributed by atoms with Gasteiger partial charge in [0.15, 0.2) is 0 Å². The molecule has 1 aliphatic carbocycles. The van der Waals surface area contributed by atoms with Crippen LogP contribution in [-0.4, -0.2) is 18.4 Å². The largest absolute Gasteiger partial charge is 0.390 e. The maximum Gasteiger partial charge on any atom is 0.0800 e. The fraction of sp³-hybridized carbons (Fsp3) is 0.344. The zero-order valence-electron chi connectivity index (χ0n) is 22.6. The summed E-state index contributed by atoms with van der Waals surface area (Å²) in [6.07, 6.45) is 14.4. The van der Waals surface area contributed by atoms with E-state index in [0.29, 0.717) is 6.04 Å². The summed E-state index contributed by atoms with van der Waals surface area (Å²) in [6.45, 7) is 11.1. The molecule has 4 nitrogen and oxygen atoms in total. The molecular weight excluding hydrogens is 440 g/mol. The summed E-state index contributed by atoms with van der Waals surface area (Å²) in [4.78, 5) is 3.78. The Morgan fingerprint density at radius 2 is 1.75 bits per heavy atom. The van der Waals surface area contributed by atoms with Crippen LogP contribution in [0.5, 0.6) is 0 Å². The lowest BCUT2D eigenvalue weighted by Crippen LogP contribution is -2.28. The fourth-order valence-corrected chi connectivity index (χ4v) is 4.43. The van der Waals surface area contributed by atoms with E-state index in [2.05, 4.69) is 102 Å². The maximum absolute atomic E-state index is 6.66. The predicted octanol–water partition coefficient (Wildman–Crippen LogP) is 6.86. The van der Waals surface area contributed by atoms with Crippen molar-refractivity contribution in [3.8, 4) is 0 Å². The summed E-state index contributed by atoms with van der Waals surface area (Å²) in [5.74, 6) is 0.277. The maximum atomic E-state index is 6.66. The third-order valence-corrected chi connectivity index (χ3v) is 6.08. The van der Waals surface area contributed by atoms with Crippen molar-refractivity contribution in [3.05, 3.63) is 107 Å². The minimum Gasteiger partial charge on any atom is -0.390 e. The minimum atomic E-state index is -0.0765. The van der Waals surface area contributed by atoms with E-state index in [-0.39, 0.29) is 12.0 Å². The first-order valence-electron chi connectivity index (χ1n) is 13.2. The van der Waals surface area contributed by atoms with Crippen LogP contribution in [0.4, 0.5) is 0 Å². The average molecular weight is 485 g/mol. The number of hydrogen-bond acceptors (Lipinski definition) is 3. The van der Waals surface area contributed by atoms with Crippen LogP contribution in [0, 0.1) is 5.92 Å². The van der Waals surface area contributed by atoms with Gasteiger partial charge in [-0.3, -0.25) is 4.99 Å². The van der Waals surface area contributed by atoms with Gasteiger partial charge in [-0.2, -0.15) is 0 Å². The van der Waals surface area contributed by atoms with E-state index in [4.69, 9.17) is 11.5 Å². The Hall–Kier alpha value is -3.37. The number of benzene rings is 2. The van der Waals surface area contributed by atoms with Crippen molar-refractivity contribution < 1.29 is 0 Å². The van der Waals surface area contributed by atoms with E-state index in [1.165, 1.54) is 39.7 Å². The first-order chi connectivity index (χ1) is 17.5. The second-order valence-corrected chi connectivity index (χ2v) is 8.85. The van der Waals surface area contributed by atoms with E-state index < -0.39 is 0 Å². The van der Waals surface area contributed by atoms with E-state index in [1.54, 1.807) is 0 Å². The molecule has 1 heterocycles. The molecule has 192 valence electrons. The van der Waals surface area contributed by atoms with Gasteiger partial charge in [0.2, 0.25) is 0 Å². The van der Waals surface area contributed by atoms with E-state index in [1.807, 2.05) is 27.7 Å². The highest BCUT2D eigenvalue weighted by Crippen LogP contribution is 2.38. The van der Waals surface area contributed by atoms with Crippen molar-refractivity contribution in [2.75, 3.05) is 0 Å². The van der Waals surface area contributed by atoms with Crippen molar-refractivity contribution in [1.29, 1.82) is 0 Å². The molecule has 2 aromatic rings. The number of nitrogens with one attached hydrogen (secondary N) is 1. The molecule has 4 heteroatoms. The highest BCUT2D eigenvalue weighted by atomic mass is 14.8. The Labute approximate surface area is 218 Å². The monoisotopic (exact) mass is 484 g/mol. The molecule has 2 atom stereocenters. The van der Waals surface area contributed by atoms with Crippen LogP contribution in [0.25, 0.3) is 11.1 Å². The number of nitrogens with two attached hydrogens (primary N) is 2. The SMILES string of the molecule is CC.CC(C)N=CN.CCC(C1=CNCc2ccccc21)/C1=C/C(c2ccccc2)=C\CC=CC1N. The van der Waals surface area contributed by atoms with Crippen molar-refractivity contribution in [2.45, 2.75) is 66.1 Å². The summed E-state index contributed by atoms with van der Waals surface area (Å²) in [6, 6.07) is 19.6. The van der Waals surface area contributed by atoms with Gasteiger partial charge in [-0.25, -0.2) is 0 Å². The van der Waals surface area contributed by atoms with Crippen molar-refractivity contribution in [2.24, 2.45) is 22.4 Å². The standard InChI is InChI=1S/C26H28N2.C4H10N2.C2H6/c1-2-22(25-18-28-17-21-13-6-8-14-23(21)25)24-16-20(12-7-9-15-26(24)27)19-10-4-3-5-11-19;1-4(2)6-3-5;1-2/h3-6,8-16,18,22,26,28H,2,7,17,27H2,1H3;3-4H,1-2H3,(H2,5,6);1-2H3/b15-9?,20-12+,24-16-;;. The van der Waals surface area contributed by atoms with Crippen LogP contribution in [0.1, 0.15) is 64.2 Å². The molecule has 0 saturated heterocycles. The fourth-order valence-electron chi connectivity index (χ4n) is 4.43. The normalized spacial score (nSPS) is 20.4. The molecule has 0 fully saturated rings. The van der Waals surface area contributed by atoms with Gasteiger partial charge in [-0.1, -0.05) is 99.7 Å². The van der Waals surface area contributed by atoms with Gasteiger partial charge in [-0.15, -0.1) is 0 Å². The molecular formula is C32H44N4. The van der Waals surface area contributed by atoms with Crippen molar-refractivity contribution in [3.63, 3.8) is 0 Å². The summed E-state index contributed by atoms with van der Waals surface area (Å²) in [7, 11) is 0. The van der Waals surface area contributed by atoms with Gasteiger partial charge in [0.05, 0.1) is 6.34 Å². The van der Waals surface area contributed by atoms with E-state index in [9.17, 15) is 0 Å². The van der Waals surface area contributed by atoms with Gasteiger partial charge < -0.3 is 16.8 Å². The number of allylic oxidation sites excluding steroid dienone is 5. The molecule has 0 radical (unpaired) electrons. The molecule has 1 aliphatic heterocycles. The smallest absolute Gasteiger partial charge is 0.0800 e. The topological polar surface area (TPSA) is 76.4 Å². The van der Waals surface area contributed by atoms with Gasteiger partial charge in [0.25, 0.3) is 0 Å². The summed E-state index contributed by atoms with van der Waals surface area (Å²) in [5, 5.41) is 3.47. The molecule has 0 amide bonds. The molecule has 0 aromatic heterocycles. The molecule has 2 unspecified atom stereocenters. The third kappa shape index (κ3) is 8.10. The number of aliphatic imine (C=N–C) groups is 1. The van der Waals surface area contributed by atoms with Crippen molar-refractivity contribution in [1.82, 2.24) is 5.32 Å². The summed E-state index contributed by atoms with van der Waals surface area (Å²) in [5.41, 5.74) is 19.4. The molecule has 5 N–H and O–H groups in total. The Balaban J connectivity index is 0.000000502. The van der Waals surface area contributed by atoms with Gasteiger partial charge in [0.1, 0.15) is 0 Å². The van der Waals surface area contributed by atoms with Crippen LogP contribution in [0.2, 0.25) is 0 Å². The van der Waals surface area contributed by atoms with Crippen LogP contribution < -0.4 is 16.8 Å². The summed E-state index contributed by atoms with van der Waals surface area (Å²) >= 11 is 0. The van der Waals surface area contributed by atoms with Crippen molar-refractivity contribution >= 4 is 17.5 Å². The Kier molecular flexibility index (Phi) is 12.5. The van der Waals surface area contributed by atoms with Crippen LogP contribution in [-0.2, 0) is 6.54 Å². The number of nitrogens with zero attached hydrogens (tertiary/aromatic N) is 1. The third-order valence-electron chi connectivity index (χ3n) is 6.08. The Morgan fingerprint density at radius 1 is 1.06 bits per heavy atom. The first kappa shape index (κ1) is 28.9. The van der Waals surface area contributed by atoms with E-state index >= 15 is 0 Å². The second-order valence-electron chi connectivity index (χ2n) is 8.85. The van der Waals surface area contributed by atoms with Gasteiger partial charge in [0, 0.05) is 30.7 Å². The molecule has 0 saturated carbocycles. The van der Waals surface area contributed by atoms with Crippen LogP contribution in [0.15, 0.2) is 95.7 Å². The predicted molar refractivity (Wildman–Crippen MR) is 158 cm³/mol. The molecule has 0 spiro atoms. The van der Waals surface area contributed by atoms with Gasteiger partial charge >= 0.3 is 0 Å². The Morgan fingerprint density at radius 3 is 2.39 bits per heavy atom. The quantitative estimate of drug-likeness (QED) is 0.246. The highest BCUT2D eigenvalue weighted by Gasteiger charge is 2.26. The second kappa shape index (κ2) is 15.6. The molecule has 4 rings (SSSR count). The highest BCUT2D eigenvalue weighted by molar-refractivity contribution is 5.79. The Bertz CT molecular complexity index is 1070. The number of rotatable bonds is 5. The molecule has 2 aromatic carbocycles. The lowest BCUT2D eigenvalue weighted by Gasteiger charge is -2.30. The first-order valence-corrected chi connectivity index (χ1v) is 13.2. The lowest BCUT2D eigenvalue weighted by atomic mass is 9.78. The zero-order valence-corrected chi connectivity index (χ0v) is 22.6. The average Bonchev–Trinajstić information content (AvgIpc) is 2.90. The number of fused-ring (bicyclic) bond motifs is 1. The summed E-state index contributed by atoms with van der Waals surface area (Å²) < 4.78 is 0. The molecule has 2 aliphatic rings. The van der Waals surface area contributed by atoms with Crippen LogP contribution in [0.3, 0.4) is 0 Å². The zero-order chi connectivity index (χ0) is 26.3. The molecule has 36 heavy (non-hydrogen) atoms.